The summed E-state index contributed by atoms with van der Waals surface area (Å²) in [5, 5.41) is 8.70. The maximum absolute atomic E-state index is 12.9. The van der Waals surface area contributed by atoms with Crippen molar-refractivity contribution in [3.05, 3.63) is 29.6 Å². The molecule has 0 aromatic carbocycles. The molecule has 0 radical (unpaired) electrons. The fourth-order valence-corrected chi connectivity index (χ4v) is 1.06. The van der Waals surface area contributed by atoms with Gasteiger partial charge in [0.05, 0.1) is 11.6 Å². The molecular weight excluding hydrogens is 204 g/mol. The van der Waals surface area contributed by atoms with E-state index in [0.717, 1.165) is 6.92 Å². The molecule has 0 aliphatic carbocycles. The minimum atomic E-state index is -3.05. The lowest BCUT2D eigenvalue weighted by Crippen LogP contribution is -2.14. The Labute approximate surface area is 85.8 Å². The molecule has 5 heteroatoms. The van der Waals surface area contributed by atoms with Gasteiger partial charge < -0.3 is 5.11 Å². The molecule has 1 aromatic rings. The first-order valence-corrected chi connectivity index (χ1v) is 4.40. The van der Waals surface area contributed by atoms with Crippen molar-refractivity contribution in [3.8, 4) is 0 Å². The topological polar surface area (TPSA) is 50.2 Å². The average molecular weight is 215 g/mol. The summed E-state index contributed by atoms with van der Waals surface area (Å²) in [7, 11) is 0. The van der Waals surface area contributed by atoms with Crippen LogP contribution in [0.1, 0.15) is 31.2 Å². The first kappa shape index (κ1) is 11.6. The van der Waals surface area contributed by atoms with Gasteiger partial charge in [-0.3, -0.25) is 9.78 Å². The normalized spacial score (nSPS) is 13.6. The van der Waals surface area contributed by atoms with Gasteiger partial charge in [0.25, 0.3) is 5.92 Å². The monoisotopic (exact) mass is 215 g/mol. The minimum absolute atomic E-state index is 0.140. The number of halogens is 2. The van der Waals surface area contributed by atoms with Crippen molar-refractivity contribution in [3.63, 3.8) is 0 Å². The Hall–Kier alpha value is -1.52. The largest absolute Gasteiger partial charge is 0.481 e. The molecule has 1 rings (SSSR count). The summed E-state index contributed by atoms with van der Waals surface area (Å²) < 4.78 is 25.8. The van der Waals surface area contributed by atoms with Crippen LogP contribution in [0.3, 0.4) is 0 Å². The molecule has 0 amide bonds. The number of rotatable bonds is 3. The number of nitrogens with zero attached hydrogens (tertiary/aromatic N) is 1. The quantitative estimate of drug-likeness (QED) is 0.842. The van der Waals surface area contributed by atoms with E-state index in [4.69, 9.17) is 5.11 Å². The van der Waals surface area contributed by atoms with Crippen LogP contribution in [0.2, 0.25) is 0 Å². The third-order valence-electron chi connectivity index (χ3n) is 2.03. The van der Waals surface area contributed by atoms with E-state index in [1.165, 1.54) is 25.1 Å². The Morgan fingerprint density at radius 1 is 1.53 bits per heavy atom. The van der Waals surface area contributed by atoms with Crippen LogP contribution >= 0.6 is 0 Å². The zero-order valence-electron chi connectivity index (χ0n) is 8.37. The predicted octanol–water partition coefficient (Wildman–Crippen LogP) is 2.38. The third-order valence-corrected chi connectivity index (χ3v) is 2.03. The maximum Gasteiger partial charge on any atom is 0.312 e. The van der Waals surface area contributed by atoms with E-state index in [-0.39, 0.29) is 5.69 Å². The van der Waals surface area contributed by atoms with Crippen LogP contribution in [0, 0.1) is 0 Å². The molecule has 82 valence electrons. The minimum Gasteiger partial charge on any atom is -0.481 e. The fourth-order valence-electron chi connectivity index (χ4n) is 1.06. The molecule has 0 bridgehead atoms. The SMILES string of the molecule is CC(C(=O)O)c1cccc(C(C)(F)F)n1. The second-order valence-corrected chi connectivity index (χ2v) is 3.40. The molecule has 0 spiro atoms. The molecule has 1 N–H and O–H groups in total. The lowest BCUT2D eigenvalue weighted by Gasteiger charge is -2.12. The molecule has 1 unspecified atom stereocenters. The highest BCUT2D eigenvalue weighted by Crippen LogP contribution is 2.26. The van der Waals surface area contributed by atoms with E-state index in [2.05, 4.69) is 4.98 Å². The predicted molar refractivity (Wildman–Crippen MR) is 49.9 cm³/mol. The fraction of sp³-hybridized carbons (Fsp3) is 0.400. The van der Waals surface area contributed by atoms with Gasteiger partial charge in [0, 0.05) is 6.92 Å². The van der Waals surface area contributed by atoms with Crippen LogP contribution in [0.5, 0.6) is 0 Å². The van der Waals surface area contributed by atoms with Crippen molar-refractivity contribution in [2.24, 2.45) is 0 Å². The summed E-state index contributed by atoms with van der Waals surface area (Å²) in [6.45, 7) is 2.13. The number of carboxylic acid groups (broad SMARTS) is 1. The summed E-state index contributed by atoms with van der Waals surface area (Å²) in [6.07, 6.45) is 0. The lowest BCUT2D eigenvalue weighted by molar-refractivity contribution is -0.138. The standard InChI is InChI=1S/C10H11F2NO2/c1-6(9(14)15)7-4-3-5-8(13-7)10(2,11)12/h3-6H,1-2H3,(H,14,15). The molecule has 0 fully saturated rings. The van der Waals surface area contributed by atoms with Gasteiger partial charge in [-0.15, -0.1) is 0 Å². The number of alkyl halides is 2. The summed E-state index contributed by atoms with van der Waals surface area (Å²) in [5.74, 6) is -5.01. The average Bonchev–Trinajstić information content (AvgIpc) is 2.15. The van der Waals surface area contributed by atoms with E-state index in [1.54, 1.807) is 0 Å². The Balaban J connectivity index is 3.08. The number of hydrogen-bond acceptors (Lipinski definition) is 2. The van der Waals surface area contributed by atoms with Gasteiger partial charge in [0.15, 0.2) is 0 Å². The Bertz CT molecular complexity index is 374. The van der Waals surface area contributed by atoms with Gasteiger partial charge in [-0.25, -0.2) is 0 Å². The Morgan fingerprint density at radius 3 is 2.60 bits per heavy atom. The van der Waals surface area contributed by atoms with Crippen LogP contribution in [0.15, 0.2) is 18.2 Å². The first-order chi connectivity index (χ1) is 6.82. The second-order valence-electron chi connectivity index (χ2n) is 3.40. The van der Waals surface area contributed by atoms with Crippen molar-refractivity contribution < 1.29 is 18.7 Å². The Kier molecular flexibility index (Phi) is 3.02. The number of pyridine rings is 1. The van der Waals surface area contributed by atoms with E-state index in [9.17, 15) is 13.6 Å². The van der Waals surface area contributed by atoms with Gasteiger partial charge in [-0.05, 0) is 19.1 Å². The molecule has 0 aliphatic heterocycles. The molecule has 1 atom stereocenters. The summed E-state index contributed by atoms with van der Waals surface area (Å²) in [4.78, 5) is 14.3. The molecule has 3 nitrogen and oxygen atoms in total. The molecular formula is C10H11F2NO2. The molecule has 0 saturated heterocycles. The Morgan fingerprint density at radius 2 is 2.13 bits per heavy atom. The smallest absolute Gasteiger partial charge is 0.312 e. The maximum atomic E-state index is 12.9. The van der Waals surface area contributed by atoms with Gasteiger partial charge in [-0.1, -0.05) is 6.07 Å². The van der Waals surface area contributed by atoms with Crippen LogP contribution in [0.25, 0.3) is 0 Å². The van der Waals surface area contributed by atoms with E-state index in [1.807, 2.05) is 0 Å². The van der Waals surface area contributed by atoms with Crippen molar-refractivity contribution in [2.75, 3.05) is 0 Å². The van der Waals surface area contributed by atoms with Crippen LogP contribution < -0.4 is 0 Å². The van der Waals surface area contributed by atoms with E-state index < -0.39 is 23.5 Å². The number of hydrogen-bond donors (Lipinski definition) is 1. The number of carbonyl (C=O) groups is 1. The zero-order valence-corrected chi connectivity index (χ0v) is 8.37. The van der Waals surface area contributed by atoms with Crippen LogP contribution in [-0.4, -0.2) is 16.1 Å². The van der Waals surface area contributed by atoms with E-state index >= 15 is 0 Å². The van der Waals surface area contributed by atoms with Gasteiger partial charge in [0.2, 0.25) is 0 Å². The van der Waals surface area contributed by atoms with Crippen molar-refractivity contribution in [1.82, 2.24) is 4.98 Å². The number of aromatic nitrogens is 1. The van der Waals surface area contributed by atoms with Crippen molar-refractivity contribution in [2.45, 2.75) is 25.7 Å². The van der Waals surface area contributed by atoms with Crippen LogP contribution in [-0.2, 0) is 10.7 Å². The summed E-state index contributed by atoms with van der Waals surface area (Å²) in [5.41, 5.74) is -0.269. The highest BCUT2D eigenvalue weighted by Gasteiger charge is 2.27. The van der Waals surface area contributed by atoms with Crippen molar-refractivity contribution >= 4 is 5.97 Å². The molecule has 1 heterocycles. The number of carboxylic acids is 1. The van der Waals surface area contributed by atoms with Gasteiger partial charge in [-0.2, -0.15) is 8.78 Å². The highest BCUT2D eigenvalue weighted by atomic mass is 19.3. The third kappa shape index (κ3) is 2.71. The summed E-state index contributed by atoms with van der Waals surface area (Å²) >= 11 is 0. The van der Waals surface area contributed by atoms with E-state index in [0.29, 0.717) is 0 Å². The summed E-state index contributed by atoms with van der Waals surface area (Å²) in [6, 6.07) is 3.99. The van der Waals surface area contributed by atoms with Crippen molar-refractivity contribution in [1.29, 1.82) is 0 Å². The first-order valence-electron chi connectivity index (χ1n) is 4.40. The van der Waals surface area contributed by atoms with Crippen LogP contribution in [0.4, 0.5) is 8.78 Å². The zero-order chi connectivity index (χ0) is 11.6. The van der Waals surface area contributed by atoms with Gasteiger partial charge >= 0.3 is 5.97 Å². The molecule has 15 heavy (non-hydrogen) atoms. The number of aliphatic carboxylic acids is 1. The van der Waals surface area contributed by atoms with Gasteiger partial charge in [0.1, 0.15) is 5.69 Å². The highest BCUT2D eigenvalue weighted by molar-refractivity contribution is 5.74. The molecule has 1 aromatic heterocycles. The lowest BCUT2D eigenvalue weighted by atomic mass is 10.1. The molecule has 0 saturated carbocycles. The second kappa shape index (κ2) is 3.92. The molecule has 0 aliphatic rings.